The molecule has 42 valence electrons. The molecule has 0 amide bonds. The van der Waals surface area contributed by atoms with Crippen molar-refractivity contribution < 1.29 is 21.8 Å². The fraction of sp³-hybridized carbons (Fsp3) is 1.00. The van der Waals surface area contributed by atoms with Crippen LogP contribution in [0.3, 0.4) is 0 Å². The minimum atomic E-state index is -3.77. The maximum Gasteiger partial charge on any atom is 0.429 e. The van der Waals surface area contributed by atoms with Crippen LogP contribution in [0.15, 0.2) is 0 Å². The van der Waals surface area contributed by atoms with Gasteiger partial charge in [-0.15, -0.1) is 0 Å². The normalized spacial score (nSPS) is 28.0. The number of hydrogen-bond donors (Lipinski definition) is 0. The zero-order valence-electron chi connectivity index (χ0n) is 3.16. The summed E-state index contributed by atoms with van der Waals surface area (Å²) in [4.78, 5) is 3.85. The molecule has 0 unspecified atom stereocenters. The molecule has 0 aromatic heterocycles. The van der Waals surface area contributed by atoms with Crippen LogP contribution in [0.25, 0.3) is 0 Å². The summed E-state index contributed by atoms with van der Waals surface area (Å²) in [5, 5.41) is 0. The summed E-state index contributed by atoms with van der Waals surface area (Å²) in [6, 6.07) is 0. The molecule has 1 heterocycles. The molecule has 0 aromatic carbocycles. The molecule has 0 N–H and O–H groups in total. The van der Waals surface area contributed by atoms with E-state index in [-0.39, 0.29) is 6.79 Å². The first-order valence-electron chi connectivity index (χ1n) is 1.41. The summed E-state index contributed by atoms with van der Waals surface area (Å²) in [7, 11) is -3.77. The first-order chi connectivity index (χ1) is 3.21. The Hall–Kier alpha value is -0.170. The molecule has 0 radical (unpaired) electrons. The van der Waals surface area contributed by atoms with Crippen molar-refractivity contribution in [1.29, 1.82) is 0 Å². The molecule has 0 aromatic rings. The Labute approximate surface area is 40.0 Å². The van der Waals surface area contributed by atoms with E-state index in [9.17, 15) is 8.42 Å². The highest BCUT2D eigenvalue weighted by molar-refractivity contribution is 7.81. The van der Waals surface area contributed by atoms with Crippen molar-refractivity contribution in [2.24, 2.45) is 0 Å². The molecule has 0 bridgehead atoms. The fourth-order valence-electron chi connectivity index (χ4n) is 0.177. The minimum absolute atomic E-state index is 0.345. The van der Waals surface area contributed by atoms with E-state index in [1.54, 1.807) is 0 Å². The van der Waals surface area contributed by atoms with Gasteiger partial charge in [-0.1, -0.05) is 4.33 Å². The van der Waals surface area contributed by atoms with E-state index in [0.717, 1.165) is 0 Å². The molecule has 6 heteroatoms. The lowest BCUT2D eigenvalue weighted by atomic mass is 11.5. The molecule has 1 aliphatic heterocycles. The van der Waals surface area contributed by atoms with Crippen molar-refractivity contribution in [1.82, 2.24) is 0 Å². The van der Waals surface area contributed by atoms with E-state index in [2.05, 4.69) is 13.4 Å². The van der Waals surface area contributed by atoms with Gasteiger partial charge in [-0.05, 0) is 0 Å². The molecule has 1 fully saturated rings. The summed E-state index contributed by atoms with van der Waals surface area (Å²) in [5.41, 5.74) is 0. The highest BCUT2D eigenvalue weighted by atomic mass is 32.3. The quantitative estimate of drug-likeness (QED) is 0.396. The fourth-order valence-corrected chi connectivity index (χ4v) is 0.530. The van der Waals surface area contributed by atoms with Gasteiger partial charge >= 0.3 is 10.4 Å². The Morgan fingerprint density at radius 3 is 2.29 bits per heavy atom. The predicted molar refractivity (Wildman–Crippen MR) is 17.0 cm³/mol. The molecule has 0 saturated carbocycles. The standard InChI is InChI=1S/CH2O5S/c2-7(3)5-1-4-6-7/h1H2. The molecular weight excluding hydrogens is 124 g/mol. The third-order valence-corrected chi connectivity index (χ3v) is 1.02. The molecule has 7 heavy (non-hydrogen) atoms. The van der Waals surface area contributed by atoms with Crippen LogP contribution in [0.5, 0.6) is 0 Å². The highest BCUT2D eigenvalue weighted by Gasteiger charge is 2.20. The zero-order chi connectivity index (χ0) is 5.33. The van der Waals surface area contributed by atoms with Crippen LogP contribution in [0, 0.1) is 0 Å². The lowest BCUT2D eigenvalue weighted by molar-refractivity contribution is -0.195. The monoisotopic (exact) mass is 126 g/mol. The van der Waals surface area contributed by atoms with Crippen LogP contribution >= 0.6 is 0 Å². The Morgan fingerprint density at radius 2 is 2.14 bits per heavy atom. The van der Waals surface area contributed by atoms with E-state index in [0.29, 0.717) is 0 Å². The Balaban J connectivity index is 2.76. The summed E-state index contributed by atoms with van der Waals surface area (Å²) in [5.74, 6) is 0. The van der Waals surface area contributed by atoms with Crippen molar-refractivity contribution in [2.75, 3.05) is 6.79 Å². The Bertz CT molecular complexity index is 131. The molecular formula is CH2O5S. The second-order valence-corrected chi connectivity index (χ2v) is 2.02. The van der Waals surface area contributed by atoms with E-state index < -0.39 is 10.4 Å². The summed E-state index contributed by atoms with van der Waals surface area (Å²) >= 11 is 0. The van der Waals surface area contributed by atoms with E-state index in [1.165, 1.54) is 0 Å². The third-order valence-electron chi connectivity index (χ3n) is 0.372. The zero-order valence-corrected chi connectivity index (χ0v) is 3.97. The van der Waals surface area contributed by atoms with Gasteiger partial charge < -0.3 is 0 Å². The highest BCUT2D eigenvalue weighted by Crippen LogP contribution is 2.03. The molecule has 5 nitrogen and oxygen atoms in total. The second kappa shape index (κ2) is 1.41. The van der Waals surface area contributed by atoms with Crippen LogP contribution in [0.1, 0.15) is 0 Å². The van der Waals surface area contributed by atoms with Crippen LogP contribution in [0.2, 0.25) is 0 Å². The Kier molecular flexibility index (Phi) is 1.00. The van der Waals surface area contributed by atoms with Crippen molar-refractivity contribution in [3.05, 3.63) is 0 Å². The summed E-state index contributed by atoms with van der Waals surface area (Å²) in [6.07, 6.45) is 0. The molecule has 0 spiro atoms. The maximum absolute atomic E-state index is 9.86. The summed E-state index contributed by atoms with van der Waals surface area (Å²) < 4.78 is 27.2. The van der Waals surface area contributed by atoms with Gasteiger partial charge in [0.15, 0.2) is 0 Å². The van der Waals surface area contributed by atoms with Gasteiger partial charge in [0.1, 0.15) is 0 Å². The van der Waals surface area contributed by atoms with Gasteiger partial charge in [0.25, 0.3) is 0 Å². The molecule has 1 rings (SSSR count). The lowest BCUT2D eigenvalue weighted by Crippen LogP contribution is -1.94. The van der Waals surface area contributed by atoms with Gasteiger partial charge in [-0.3, -0.25) is 0 Å². The first-order valence-corrected chi connectivity index (χ1v) is 2.74. The van der Waals surface area contributed by atoms with Gasteiger partial charge in [0, 0.05) is 0 Å². The van der Waals surface area contributed by atoms with Crippen molar-refractivity contribution >= 4 is 10.4 Å². The van der Waals surface area contributed by atoms with Gasteiger partial charge in [-0.25, -0.2) is 4.18 Å². The number of rotatable bonds is 0. The Morgan fingerprint density at radius 1 is 1.43 bits per heavy atom. The maximum atomic E-state index is 9.86. The topological polar surface area (TPSA) is 61.8 Å². The second-order valence-electron chi connectivity index (χ2n) is 0.830. The SMILES string of the molecule is O=S1(=O)OCOO1. The van der Waals surface area contributed by atoms with Crippen molar-refractivity contribution in [3.8, 4) is 0 Å². The predicted octanol–water partition coefficient (Wildman–Crippen LogP) is -0.833. The third kappa shape index (κ3) is 1.10. The van der Waals surface area contributed by atoms with Crippen LogP contribution in [-0.4, -0.2) is 15.2 Å². The van der Waals surface area contributed by atoms with Gasteiger partial charge in [0.2, 0.25) is 6.79 Å². The molecule has 0 atom stereocenters. The van der Waals surface area contributed by atoms with E-state index >= 15 is 0 Å². The molecule has 0 aliphatic carbocycles. The summed E-state index contributed by atoms with van der Waals surface area (Å²) in [6.45, 7) is -0.345. The van der Waals surface area contributed by atoms with Gasteiger partial charge in [-0.2, -0.15) is 13.3 Å². The minimum Gasteiger partial charge on any atom is -0.214 e. The smallest absolute Gasteiger partial charge is 0.214 e. The van der Waals surface area contributed by atoms with Crippen molar-refractivity contribution in [2.45, 2.75) is 0 Å². The average molecular weight is 126 g/mol. The molecule has 1 saturated heterocycles. The van der Waals surface area contributed by atoms with Gasteiger partial charge in [0.05, 0.1) is 0 Å². The van der Waals surface area contributed by atoms with Crippen LogP contribution < -0.4 is 0 Å². The van der Waals surface area contributed by atoms with E-state index in [4.69, 9.17) is 0 Å². The largest absolute Gasteiger partial charge is 0.429 e. The van der Waals surface area contributed by atoms with Crippen LogP contribution in [0.4, 0.5) is 0 Å². The lowest BCUT2D eigenvalue weighted by Gasteiger charge is -1.78. The van der Waals surface area contributed by atoms with Crippen LogP contribution in [-0.2, 0) is 23.8 Å². The average Bonchev–Trinajstić information content (AvgIpc) is 1.84. The molecule has 1 aliphatic rings. The van der Waals surface area contributed by atoms with Crippen molar-refractivity contribution in [3.63, 3.8) is 0 Å². The first kappa shape index (κ1) is 4.98. The van der Waals surface area contributed by atoms with E-state index in [1.807, 2.05) is 0 Å². The number of hydrogen-bond acceptors (Lipinski definition) is 5.